The maximum Gasteiger partial charge on any atom is 0.534 e. The molecule has 0 radical (unpaired) electrons. The fraction of sp³-hybridized carbons (Fsp3) is 0.778. The molecule has 0 spiro atoms. The van der Waals surface area contributed by atoms with Gasteiger partial charge < -0.3 is 4.18 Å². The molecule has 0 aromatic carbocycles. The molecule has 0 saturated carbocycles. The van der Waals surface area contributed by atoms with E-state index in [4.69, 9.17) is 0 Å². The van der Waals surface area contributed by atoms with Crippen LogP contribution in [0.4, 0.5) is 13.2 Å². The molecular formula is C9H13F3O3S. The molecule has 0 saturated heterocycles. The molecule has 0 atom stereocenters. The summed E-state index contributed by atoms with van der Waals surface area (Å²) < 4.78 is 62.1. The van der Waals surface area contributed by atoms with Crippen molar-refractivity contribution in [2.24, 2.45) is 5.41 Å². The van der Waals surface area contributed by atoms with Crippen LogP contribution in [-0.4, -0.2) is 13.9 Å². The minimum Gasteiger partial charge on any atom is -0.380 e. The van der Waals surface area contributed by atoms with E-state index in [1.54, 1.807) is 13.8 Å². The molecule has 0 unspecified atom stereocenters. The lowest BCUT2D eigenvalue weighted by atomic mass is 9.81. The van der Waals surface area contributed by atoms with Crippen LogP contribution in [0.1, 0.15) is 33.1 Å². The van der Waals surface area contributed by atoms with E-state index in [9.17, 15) is 21.6 Å². The number of alkyl halides is 3. The minimum absolute atomic E-state index is 0.115. The molecule has 1 aliphatic carbocycles. The van der Waals surface area contributed by atoms with Crippen molar-refractivity contribution in [2.75, 3.05) is 0 Å². The second-order valence-corrected chi connectivity index (χ2v) is 5.87. The molecular weight excluding hydrogens is 245 g/mol. The molecule has 1 rings (SSSR count). The zero-order chi connectivity index (χ0) is 12.6. The van der Waals surface area contributed by atoms with Gasteiger partial charge in [0, 0.05) is 5.41 Å². The fourth-order valence-electron chi connectivity index (χ4n) is 1.49. The number of hydrogen-bond acceptors (Lipinski definition) is 3. The predicted octanol–water partition coefficient (Wildman–Crippen LogP) is 2.95. The first-order valence-electron chi connectivity index (χ1n) is 4.78. The second-order valence-electron chi connectivity index (χ2n) is 4.33. The van der Waals surface area contributed by atoms with Crippen molar-refractivity contribution in [1.82, 2.24) is 0 Å². The van der Waals surface area contributed by atoms with Crippen molar-refractivity contribution in [3.05, 3.63) is 11.8 Å². The maximum atomic E-state index is 12.1. The summed E-state index contributed by atoms with van der Waals surface area (Å²) in [6.45, 7) is 3.31. The molecule has 1 aliphatic rings. The third kappa shape index (κ3) is 2.69. The Hall–Kier alpha value is -0.720. The van der Waals surface area contributed by atoms with Crippen LogP contribution < -0.4 is 0 Å². The summed E-state index contributed by atoms with van der Waals surface area (Å²) in [5, 5.41) is 0. The van der Waals surface area contributed by atoms with Crippen LogP contribution in [0.15, 0.2) is 11.8 Å². The summed E-state index contributed by atoms with van der Waals surface area (Å²) in [6, 6.07) is 0. The lowest BCUT2D eigenvalue weighted by molar-refractivity contribution is -0.0533. The van der Waals surface area contributed by atoms with Crippen LogP contribution in [0.3, 0.4) is 0 Å². The Balaban J connectivity index is 2.94. The largest absolute Gasteiger partial charge is 0.534 e. The van der Waals surface area contributed by atoms with Gasteiger partial charge in [-0.05, 0) is 25.3 Å². The number of rotatable bonds is 2. The van der Waals surface area contributed by atoms with Gasteiger partial charge in [-0.15, -0.1) is 0 Å². The lowest BCUT2D eigenvalue weighted by Crippen LogP contribution is -2.30. The zero-order valence-corrected chi connectivity index (χ0v) is 9.78. The average Bonchev–Trinajstić information content (AvgIpc) is 2.06. The highest BCUT2D eigenvalue weighted by Crippen LogP contribution is 2.40. The smallest absolute Gasteiger partial charge is 0.380 e. The molecule has 0 amide bonds. The first-order chi connectivity index (χ1) is 7.06. The quantitative estimate of drug-likeness (QED) is 0.565. The average molecular weight is 258 g/mol. The summed E-state index contributed by atoms with van der Waals surface area (Å²) in [5.41, 5.74) is -6.04. The highest BCUT2D eigenvalue weighted by Gasteiger charge is 2.50. The van der Waals surface area contributed by atoms with E-state index >= 15 is 0 Å². The van der Waals surface area contributed by atoms with Crippen molar-refractivity contribution >= 4 is 10.1 Å². The Labute approximate surface area is 92.4 Å². The van der Waals surface area contributed by atoms with Gasteiger partial charge in [-0.2, -0.15) is 21.6 Å². The Morgan fingerprint density at radius 3 is 2.38 bits per heavy atom. The Morgan fingerprint density at radius 2 is 1.94 bits per heavy atom. The molecule has 0 bridgehead atoms. The molecule has 94 valence electrons. The minimum atomic E-state index is -5.54. The van der Waals surface area contributed by atoms with E-state index in [1.165, 1.54) is 6.08 Å². The van der Waals surface area contributed by atoms with Crippen molar-refractivity contribution in [3.8, 4) is 0 Å². The topological polar surface area (TPSA) is 43.4 Å². The molecule has 7 heteroatoms. The summed E-state index contributed by atoms with van der Waals surface area (Å²) in [4.78, 5) is 0. The van der Waals surface area contributed by atoms with Gasteiger partial charge in [-0.25, -0.2) is 0 Å². The van der Waals surface area contributed by atoms with Gasteiger partial charge in [0.15, 0.2) is 0 Å². The first-order valence-corrected chi connectivity index (χ1v) is 6.18. The fourth-order valence-corrected chi connectivity index (χ4v) is 2.11. The van der Waals surface area contributed by atoms with E-state index in [0.717, 1.165) is 6.42 Å². The number of hydrogen-bond donors (Lipinski definition) is 0. The van der Waals surface area contributed by atoms with Gasteiger partial charge in [0.1, 0.15) is 5.76 Å². The van der Waals surface area contributed by atoms with Gasteiger partial charge in [0.05, 0.1) is 0 Å². The van der Waals surface area contributed by atoms with Crippen LogP contribution >= 0.6 is 0 Å². The van der Waals surface area contributed by atoms with Gasteiger partial charge in [-0.1, -0.05) is 13.8 Å². The maximum absolute atomic E-state index is 12.1. The normalized spacial score (nSPS) is 21.4. The van der Waals surface area contributed by atoms with Crippen LogP contribution in [0, 0.1) is 5.41 Å². The molecule has 0 heterocycles. The summed E-state index contributed by atoms with van der Waals surface area (Å²) >= 11 is 0. The van der Waals surface area contributed by atoms with Gasteiger partial charge in [0.2, 0.25) is 0 Å². The Kier molecular flexibility index (Phi) is 3.29. The highest BCUT2D eigenvalue weighted by atomic mass is 32.2. The zero-order valence-electron chi connectivity index (χ0n) is 8.97. The van der Waals surface area contributed by atoms with Crippen molar-refractivity contribution in [1.29, 1.82) is 0 Å². The first kappa shape index (κ1) is 13.3. The molecule has 0 fully saturated rings. The third-order valence-corrected chi connectivity index (χ3v) is 3.45. The SMILES string of the molecule is CC1(C)CCCC=C1OS(=O)(=O)C(F)(F)F. The van der Waals surface area contributed by atoms with E-state index in [1.807, 2.05) is 0 Å². The van der Waals surface area contributed by atoms with Crippen molar-refractivity contribution < 1.29 is 25.8 Å². The van der Waals surface area contributed by atoms with Gasteiger partial charge >= 0.3 is 15.6 Å². The molecule has 3 nitrogen and oxygen atoms in total. The Bertz CT molecular complexity index is 393. The molecule has 0 aromatic heterocycles. The van der Waals surface area contributed by atoms with E-state index < -0.39 is 21.0 Å². The standard InChI is InChI=1S/C9H13F3O3S/c1-8(2)6-4-3-5-7(8)15-16(13,14)9(10,11)12/h5H,3-4,6H2,1-2H3. The monoisotopic (exact) mass is 258 g/mol. The van der Waals surface area contributed by atoms with E-state index in [-0.39, 0.29) is 5.76 Å². The van der Waals surface area contributed by atoms with Gasteiger partial charge in [-0.3, -0.25) is 0 Å². The highest BCUT2D eigenvalue weighted by molar-refractivity contribution is 7.87. The Morgan fingerprint density at radius 1 is 1.38 bits per heavy atom. The molecule has 0 aromatic rings. The third-order valence-electron chi connectivity index (χ3n) is 2.49. The van der Waals surface area contributed by atoms with Gasteiger partial charge in [0.25, 0.3) is 0 Å². The second kappa shape index (κ2) is 3.94. The summed E-state index contributed by atoms with van der Waals surface area (Å²) in [5.74, 6) is -0.115. The van der Waals surface area contributed by atoms with Crippen molar-refractivity contribution in [3.63, 3.8) is 0 Å². The molecule has 16 heavy (non-hydrogen) atoms. The van der Waals surface area contributed by atoms with Crippen molar-refractivity contribution in [2.45, 2.75) is 38.6 Å². The predicted molar refractivity (Wildman–Crippen MR) is 51.8 cm³/mol. The summed E-state index contributed by atoms with van der Waals surface area (Å²) in [6.07, 6.45) is 3.36. The van der Waals surface area contributed by atoms with Crippen LogP contribution in [0.5, 0.6) is 0 Å². The van der Waals surface area contributed by atoms with Crippen LogP contribution in [0.2, 0.25) is 0 Å². The molecule has 0 N–H and O–H groups in total. The lowest BCUT2D eigenvalue weighted by Gasteiger charge is -2.30. The van der Waals surface area contributed by atoms with Crippen LogP contribution in [-0.2, 0) is 14.3 Å². The van der Waals surface area contributed by atoms with E-state index in [0.29, 0.717) is 12.8 Å². The van der Waals surface area contributed by atoms with Crippen LogP contribution in [0.25, 0.3) is 0 Å². The van der Waals surface area contributed by atoms with E-state index in [2.05, 4.69) is 4.18 Å². The number of allylic oxidation sites excluding steroid dienone is 2. The molecule has 0 aliphatic heterocycles. The number of halogens is 3. The summed E-state index contributed by atoms with van der Waals surface area (Å²) in [7, 11) is -5.54.